The smallest absolute Gasteiger partial charge is 0.244 e. The quantitative estimate of drug-likeness (QED) is 0.609. The fourth-order valence-electron chi connectivity index (χ4n) is 3.02. The van der Waals surface area contributed by atoms with Crippen molar-refractivity contribution in [3.63, 3.8) is 0 Å². The van der Waals surface area contributed by atoms with Crippen molar-refractivity contribution in [2.45, 2.75) is 26.4 Å². The summed E-state index contributed by atoms with van der Waals surface area (Å²) < 4.78 is 26.6. The second-order valence-corrected chi connectivity index (χ2v) is 9.87. The maximum Gasteiger partial charge on any atom is 0.244 e. The Hall–Kier alpha value is -2.39. The largest absolute Gasteiger partial charge is 0.357 e. The molecule has 2 rings (SSSR count). The van der Waals surface area contributed by atoms with E-state index in [0.29, 0.717) is 5.69 Å². The number of hydrogen-bond donors (Lipinski definition) is 1. The maximum absolute atomic E-state index is 13.2. The Labute approximate surface area is 186 Å². The Kier molecular flexibility index (Phi) is 8.03. The zero-order valence-electron chi connectivity index (χ0n) is 17.4. The van der Waals surface area contributed by atoms with E-state index >= 15 is 0 Å². The van der Waals surface area contributed by atoms with Crippen LogP contribution in [0.15, 0.2) is 53.0 Å². The van der Waals surface area contributed by atoms with Crippen molar-refractivity contribution in [3.8, 4) is 0 Å². The molecule has 0 aliphatic rings. The van der Waals surface area contributed by atoms with Crippen molar-refractivity contribution in [2.24, 2.45) is 0 Å². The summed E-state index contributed by atoms with van der Waals surface area (Å²) in [4.78, 5) is 26.9. The number of aryl methyl sites for hydroxylation is 1. The Balaban J connectivity index is 2.36. The minimum absolute atomic E-state index is 0.188. The van der Waals surface area contributed by atoms with E-state index in [1.165, 1.54) is 11.9 Å². The number of amides is 2. The highest BCUT2D eigenvalue weighted by atomic mass is 79.9. The van der Waals surface area contributed by atoms with Gasteiger partial charge in [-0.05, 0) is 43.7 Å². The minimum atomic E-state index is -3.72. The lowest BCUT2D eigenvalue weighted by atomic mass is 10.1. The van der Waals surface area contributed by atoms with Crippen molar-refractivity contribution >= 4 is 43.5 Å². The summed E-state index contributed by atoms with van der Waals surface area (Å²) in [5.74, 6) is -0.800. The van der Waals surface area contributed by atoms with Crippen LogP contribution in [0.2, 0.25) is 0 Å². The van der Waals surface area contributed by atoms with Crippen molar-refractivity contribution in [1.29, 1.82) is 0 Å². The molecule has 162 valence electrons. The molecule has 2 amide bonds. The lowest BCUT2D eigenvalue weighted by molar-refractivity contribution is -0.139. The fourth-order valence-corrected chi connectivity index (χ4v) is 4.13. The molecule has 0 bridgehead atoms. The monoisotopic (exact) mass is 495 g/mol. The first-order chi connectivity index (χ1) is 14.0. The van der Waals surface area contributed by atoms with Crippen LogP contribution in [0.1, 0.15) is 18.1 Å². The average Bonchev–Trinajstić information content (AvgIpc) is 2.69. The molecule has 0 fully saturated rings. The number of sulfonamides is 1. The summed E-state index contributed by atoms with van der Waals surface area (Å²) in [6.07, 6.45) is 1.05. The van der Waals surface area contributed by atoms with Crippen LogP contribution in [0.25, 0.3) is 0 Å². The van der Waals surface area contributed by atoms with Gasteiger partial charge in [-0.3, -0.25) is 13.9 Å². The number of halogens is 1. The molecule has 1 N–H and O–H groups in total. The zero-order valence-corrected chi connectivity index (χ0v) is 19.8. The fraction of sp³-hybridized carbons (Fsp3) is 0.333. The third-order valence-electron chi connectivity index (χ3n) is 4.64. The second-order valence-electron chi connectivity index (χ2n) is 7.05. The molecule has 30 heavy (non-hydrogen) atoms. The SMILES string of the molecule is CNC(=O)[C@@H](C)N(Cc1cccc(C)c1)C(=O)CN(c1ccc(Br)cc1)S(C)(=O)=O. The molecule has 2 aromatic rings. The molecule has 2 aromatic carbocycles. The molecule has 0 aromatic heterocycles. The Bertz CT molecular complexity index is 1010. The minimum Gasteiger partial charge on any atom is -0.357 e. The van der Waals surface area contributed by atoms with Gasteiger partial charge >= 0.3 is 0 Å². The molecule has 0 radical (unpaired) electrons. The first-order valence-corrected chi connectivity index (χ1v) is 12.0. The van der Waals surface area contributed by atoms with E-state index in [0.717, 1.165) is 26.2 Å². The van der Waals surface area contributed by atoms with Crippen LogP contribution in [-0.2, 0) is 26.2 Å². The highest BCUT2D eigenvalue weighted by molar-refractivity contribution is 9.10. The van der Waals surface area contributed by atoms with Gasteiger partial charge in [0, 0.05) is 18.1 Å². The van der Waals surface area contributed by atoms with Gasteiger partial charge in [-0.15, -0.1) is 0 Å². The molecule has 9 heteroatoms. The number of carbonyl (C=O) groups excluding carboxylic acids is 2. The van der Waals surface area contributed by atoms with Crippen LogP contribution in [0.3, 0.4) is 0 Å². The molecular formula is C21H26BrN3O4S. The first kappa shape index (κ1) is 23.9. The number of anilines is 1. The zero-order chi connectivity index (χ0) is 22.5. The summed E-state index contributed by atoms with van der Waals surface area (Å²) in [5.41, 5.74) is 2.26. The number of carbonyl (C=O) groups is 2. The lowest BCUT2D eigenvalue weighted by Gasteiger charge is -2.31. The maximum atomic E-state index is 13.2. The predicted octanol–water partition coefficient (Wildman–Crippen LogP) is 2.69. The van der Waals surface area contributed by atoms with E-state index in [-0.39, 0.29) is 12.5 Å². The normalized spacial score (nSPS) is 12.2. The number of hydrogen-bond acceptors (Lipinski definition) is 4. The molecule has 0 heterocycles. The summed E-state index contributed by atoms with van der Waals surface area (Å²) in [6, 6.07) is 13.5. The topological polar surface area (TPSA) is 86.8 Å². The van der Waals surface area contributed by atoms with Crippen molar-refractivity contribution in [1.82, 2.24) is 10.2 Å². The van der Waals surface area contributed by atoms with E-state index in [9.17, 15) is 18.0 Å². The van der Waals surface area contributed by atoms with Crippen LogP contribution < -0.4 is 9.62 Å². The van der Waals surface area contributed by atoms with Gasteiger partial charge in [0.15, 0.2) is 0 Å². The number of nitrogens with zero attached hydrogens (tertiary/aromatic N) is 2. The van der Waals surface area contributed by atoms with Gasteiger partial charge in [-0.25, -0.2) is 8.42 Å². The Morgan fingerprint density at radius 1 is 1.13 bits per heavy atom. The Morgan fingerprint density at radius 3 is 2.30 bits per heavy atom. The highest BCUT2D eigenvalue weighted by Gasteiger charge is 2.29. The van der Waals surface area contributed by atoms with E-state index in [1.54, 1.807) is 31.2 Å². The predicted molar refractivity (Wildman–Crippen MR) is 122 cm³/mol. The van der Waals surface area contributed by atoms with Crippen molar-refractivity contribution in [2.75, 3.05) is 24.2 Å². The summed E-state index contributed by atoms with van der Waals surface area (Å²) >= 11 is 3.32. The summed E-state index contributed by atoms with van der Waals surface area (Å²) in [7, 11) is -2.22. The number of rotatable bonds is 8. The van der Waals surface area contributed by atoms with Crippen molar-refractivity contribution in [3.05, 3.63) is 64.1 Å². The van der Waals surface area contributed by atoms with E-state index in [4.69, 9.17) is 0 Å². The van der Waals surface area contributed by atoms with Crippen LogP contribution >= 0.6 is 15.9 Å². The van der Waals surface area contributed by atoms with E-state index in [2.05, 4.69) is 21.2 Å². The molecule has 0 aliphatic heterocycles. The third-order valence-corrected chi connectivity index (χ3v) is 6.31. The third kappa shape index (κ3) is 6.30. The van der Waals surface area contributed by atoms with E-state index in [1.807, 2.05) is 31.2 Å². The van der Waals surface area contributed by atoms with Gasteiger partial charge in [0.2, 0.25) is 21.8 Å². The molecule has 0 unspecified atom stereocenters. The number of benzene rings is 2. The lowest BCUT2D eigenvalue weighted by Crippen LogP contribution is -2.50. The summed E-state index contributed by atoms with van der Waals surface area (Å²) in [5, 5.41) is 2.55. The Morgan fingerprint density at radius 2 is 1.77 bits per heavy atom. The molecule has 0 saturated carbocycles. The first-order valence-electron chi connectivity index (χ1n) is 9.33. The number of likely N-dealkylation sites (N-methyl/N-ethyl adjacent to an activating group) is 1. The highest BCUT2D eigenvalue weighted by Crippen LogP contribution is 2.21. The average molecular weight is 496 g/mol. The molecule has 7 nitrogen and oxygen atoms in total. The van der Waals surface area contributed by atoms with Gasteiger partial charge in [0.1, 0.15) is 12.6 Å². The van der Waals surface area contributed by atoms with Gasteiger partial charge in [-0.2, -0.15) is 0 Å². The van der Waals surface area contributed by atoms with Gasteiger partial charge in [0.05, 0.1) is 11.9 Å². The molecular weight excluding hydrogens is 470 g/mol. The standard InChI is InChI=1S/C21H26BrN3O4S/c1-15-6-5-7-17(12-15)13-24(16(2)21(27)23-3)20(26)14-25(30(4,28)29)19-10-8-18(22)9-11-19/h5-12,16H,13-14H2,1-4H3,(H,23,27)/t16-/m1/s1. The van der Waals surface area contributed by atoms with Crippen LogP contribution in [0.4, 0.5) is 5.69 Å². The summed E-state index contributed by atoms with van der Waals surface area (Å²) in [6.45, 7) is 3.34. The molecule has 0 aliphatic carbocycles. The molecule has 0 saturated heterocycles. The van der Waals surface area contributed by atoms with E-state index < -0.39 is 28.5 Å². The van der Waals surface area contributed by atoms with Gasteiger partial charge in [0.25, 0.3) is 0 Å². The molecule has 1 atom stereocenters. The van der Waals surface area contributed by atoms with Crippen LogP contribution in [0, 0.1) is 6.92 Å². The van der Waals surface area contributed by atoms with Crippen LogP contribution in [0.5, 0.6) is 0 Å². The molecule has 0 spiro atoms. The second kappa shape index (κ2) is 10.1. The van der Waals surface area contributed by atoms with Gasteiger partial charge in [-0.1, -0.05) is 45.8 Å². The number of nitrogens with one attached hydrogen (secondary N) is 1. The van der Waals surface area contributed by atoms with Crippen molar-refractivity contribution < 1.29 is 18.0 Å². The van der Waals surface area contributed by atoms with Crippen LogP contribution in [-0.4, -0.2) is 51.0 Å². The van der Waals surface area contributed by atoms with Gasteiger partial charge < -0.3 is 10.2 Å².